The first-order valence-electron chi connectivity index (χ1n) is 12.2. The summed E-state index contributed by atoms with van der Waals surface area (Å²) in [6.07, 6.45) is 4.02. The summed E-state index contributed by atoms with van der Waals surface area (Å²) in [6.45, 7) is 0.993. The van der Waals surface area contributed by atoms with Gasteiger partial charge in [0, 0.05) is 51.4 Å². The first-order chi connectivity index (χ1) is 18.5. The smallest absolute Gasteiger partial charge is 0.227 e. The maximum absolute atomic E-state index is 14.7. The summed E-state index contributed by atoms with van der Waals surface area (Å²) < 4.78 is 14.7. The van der Waals surface area contributed by atoms with Crippen molar-refractivity contribution < 1.29 is 9.18 Å². The molecule has 2 aromatic carbocycles. The number of carbonyl (C=O) groups excluding carboxylic acids is 1. The lowest BCUT2D eigenvalue weighted by atomic mass is 9.97. The van der Waals surface area contributed by atoms with E-state index in [0.717, 1.165) is 29.8 Å². The van der Waals surface area contributed by atoms with Gasteiger partial charge in [-0.25, -0.2) is 14.4 Å². The van der Waals surface area contributed by atoms with Gasteiger partial charge in [-0.2, -0.15) is 0 Å². The van der Waals surface area contributed by atoms with Crippen molar-refractivity contribution in [3.05, 3.63) is 100 Å². The number of ketones is 1. The highest BCUT2D eigenvalue weighted by Crippen LogP contribution is 2.34. The Labute approximate surface area is 223 Å². The molecule has 0 bridgehead atoms. The molecule has 6 rings (SSSR count). The van der Waals surface area contributed by atoms with E-state index in [0.29, 0.717) is 33.5 Å². The SMILES string of the molecule is NC1CCNC1C(=O)c1ccc(Nc2ncc3c(n2)-c2ccc(Cl)cc2C(c2ncccc2F)=NC3)cc1. The highest BCUT2D eigenvalue weighted by Gasteiger charge is 2.30. The fraction of sp³-hybridized carbons (Fsp3) is 0.179. The summed E-state index contributed by atoms with van der Waals surface area (Å²) in [4.78, 5) is 30.9. The summed E-state index contributed by atoms with van der Waals surface area (Å²) in [5.41, 5.74) is 10.8. The fourth-order valence-corrected chi connectivity index (χ4v) is 4.96. The van der Waals surface area contributed by atoms with Gasteiger partial charge in [0.25, 0.3) is 0 Å². The largest absolute Gasteiger partial charge is 0.326 e. The number of rotatable bonds is 5. The number of hydrogen-bond donors (Lipinski definition) is 3. The average molecular weight is 528 g/mol. The van der Waals surface area contributed by atoms with Gasteiger partial charge in [-0.3, -0.25) is 14.8 Å². The van der Waals surface area contributed by atoms with Crippen LogP contribution in [0.25, 0.3) is 11.3 Å². The molecule has 1 saturated heterocycles. The molecular formula is C28H23ClFN7O. The lowest BCUT2D eigenvalue weighted by Gasteiger charge is -2.15. The number of aromatic nitrogens is 3. The Bertz CT molecular complexity index is 1570. The van der Waals surface area contributed by atoms with E-state index in [1.54, 1.807) is 30.5 Å². The van der Waals surface area contributed by atoms with Crippen LogP contribution in [-0.2, 0) is 6.54 Å². The number of nitrogens with zero attached hydrogens (tertiary/aromatic N) is 4. The van der Waals surface area contributed by atoms with Gasteiger partial charge in [0.15, 0.2) is 11.6 Å². The first kappa shape index (κ1) is 24.3. The number of nitrogens with two attached hydrogens (primary N) is 1. The van der Waals surface area contributed by atoms with Crippen molar-refractivity contribution in [2.24, 2.45) is 10.7 Å². The van der Waals surface area contributed by atoms with Crippen molar-refractivity contribution in [2.45, 2.75) is 25.0 Å². The van der Waals surface area contributed by atoms with Crippen LogP contribution < -0.4 is 16.4 Å². The van der Waals surface area contributed by atoms with Crippen LogP contribution in [0, 0.1) is 5.82 Å². The number of halogens is 2. The first-order valence-corrected chi connectivity index (χ1v) is 12.6. The second-order valence-corrected chi connectivity index (χ2v) is 9.64. The van der Waals surface area contributed by atoms with Crippen molar-refractivity contribution in [3.63, 3.8) is 0 Å². The van der Waals surface area contributed by atoms with Crippen molar-refractivity contribution in [1.29, 1.82) is 0 Å². The Balaban J connectivity index is 1.31. The molecular weight excluding hydrogens is 505 g/mol. The van der Waals surface area contributed by atoms with E-state index in [2.05, 4.69) is 25.6 Å². The molecule has 2 aliphatic rings. The van der Waals surface area contributed by atoms with E-state index >= 15 is 0 Å². The molecule has 2 aromatic heterocycles. The van der Waals surface area contributed by atoms with Crippen LogP contribution in [0.5, 0.6) is 0 Å². The van der Waals surface area contributed by atoms with Crippen LogP contribution in [0.4, 0.5) is 16.0 Å². The van der Waals surface area contributed by atoms with Crippen molar-refractivity contribution in [2.75, 3.05) is 11.9 Å². The lowest BCUT2D eigenvalue weighted by molar-refractivity contribution is 0.0945. The average Bonchev–Trinajstić information content (AvgIpc) is 3.29. The van der Waals surface area contributed by atoms with Gasteiger partial charge in [-0.15, -0.1) is 0 Å². The van der Waals surface area contributed by atoms with E-state index in [9.17, 15) is 9.18 Å². The Morgan fingerprint density at radius 2 is 1.92 bits per heavy atom. The third-order valence-electron chi connectivity index (χ3n) is 6.72. The van der Waals surface area contributed by atoms with Crippen LogP contribution >= 0.6 is 11.6 Å². The van der Waals surface area contributed by atoms with E-state index in [-0.39, 0.29) is 30.1 Å². The van der Waals surface area contributed by atoms with Gasteiger partial charge < -0.3 is 16.4 Å². The minimum atomic E-state index is -0.468. The molecule has 2 unspecified atom stereocenters. The van der Waals surface area contributed by atoms with Gasteiger partial charge in [0.1, 0.15) is 5.69 Å². The molecule has 38 heavy (non-hydrogen) atoms. The summed E-state index contributed by atoms with van der Waals surface area (Å²) >= 11 is 6.32. The highest BCUT2D eigenvalue weighted by atomic mass is 35.5. The number of benzene rings is 2. The molecule has 0 aliphatic carbocycles. The summed E-state index contributed by atoms with van der Waals surface area (Å²) in [7, 11) is 0. The maximum atomic E-state index is 14.7. The van der Waals surface area contributed by atoms with Crippen molar-refractivity contribution in [1.82, 2.24) is 20.3 Å². The standard InChI is InChI=1S/C28H23ClFN7O/c29-17-5-8-19-20(12-17)24(25-21(30)2-1-10-32-25)34-13-16-14-35-28(37-23(16)19)36-18-6-3-15(4-7-18)27(38)26-22(31)9-11-33-26/h1-8,10,12,14,22,26,33H,9,11,13,31H2,(H,35,36,37). The summed E-state index contributed by atoms with van der Waals surface area (Å²) in [6, 6.07) is 14.8. The maximum Gasteiger partial charge on any atom is 0.227 e. The van der Waals surface area contributed by atoms with Gasteiger partial charge in [0.2, 0.25) is 5.95 Å². The van der Waals surface area contributed by atoms with Crippen LogP contribution in [-0.4, -0.2) is 45.1 Å². The number of aliphatic imine (C=N–C) groups is 1. The number of nitrogens with one attached hydrogen (secondary N) is 2. The monoisotopic (exact) mass is 527 g/mol. The molecule has 10 heteroatoms. The molecule has 1 fully saturated rings. The molecule has 4 heterocycles. The van der Waals surface area contributed by atoms with Crippen LogP contribution in [0.15, 0.2) is 72.0 Å². The number of hydrogen-bond acceptors (Lipinski definition) is 8. The van der Waals surface area contributed by atoms with Crippen LogP contribution in [0.1, 0.15) is 33.6 Å². The topological polar surface area (TPSA) is 118 Å². The van der Waals surface area contributed by atoms with Crippen LogP contribution in [0.2, 0.25) is 5.02 Å². The lowest BCUT2D eigenvalue weighted by Crippen LogP contribution is -2.42. The number of anilines is 2. The second kappa shape index (κ2) is 10.0. The molecule has 0 spiro atoms. The Morgan fingerprint density at radius 1 is 1.08 bits per heavy atom. The quantitative estimate of drug-likeness (QED) is 0.331. The zero-order valence-corrected chi connectivity index (χ0v) is 20.9. The van der Waals surface area contributed by atoms with E-state index in [1.807, 2.05) is 18.2 Å². The number of fused-ring (bicyclic) bond motifs is 3. The summed E-state index contributed by atoms with van der Waals surface area (Å²) in [5, 5.41) is 6.86. The number of Topliss-reactive ketones (excluding diaryl/α,β-unsaturated/α-hetero) is 1. The normalized spacial score (nSPS) is 18.2. The second-order valence-electron chi connectivity index (χ2n) is 9.21. The number of pyridine rings is 1. The minimum Gasteiger partial charge on any atom is -0.326 e. The highest BCUT2D eigenvalue weighted by molar-refractivity contribution is 6.31. The summed E-state index contributed by atoms with van der Waals surface area (Å²) in [5.74, 6) is -0.113. The molecule has 2 atom stereocenters. The predicted molar refractivity (Wildman–Crippen MR) is 144 cm³/mol. The third kappa shape index (κ3) is 4.56. The number of carbonyl (C=O) groups is 1. The zero-order chi connectivity index (χ0) is 26.2. The van der Waals surface area contributed by atoms with Crippen molar-refractivity contribution >= 4 is 34.7 Å². The van der Waals surface area contributed by atoms with Gasteiger partial charge in [-0.1, -0.05) is 17.7 Å². The molecule has 0 radical (unpaired) electrons. The fourth-order valence-electron chi connectivity index (χ4n) is 4.78. The zero-order valence-electron chi connectivity index (χ0n) is 20.2. The van der Waals surface area contributed by atoms with E-state index in [4.69, 9.17) is 22.3 Å². The molecule has 0 saturated carbocycles. The molecule has 4 N–H and O–H groups in total. The Morgan fingerprint density at radius 3 is 2.68 bits per heavy atom. The van der Waals surface area contributed by atoms with E-state index in [1.165, 1.54) is 18.3 Å². The molecule has 190 valence electrons. The molecule has 0 amide bonds. The van der Waals surface area contributed by atoms with Gasteiger partial charge >= 0.3 is 0 Å². The van der Waals surface area contributed by atoms with Crippen molar-refractivity contribution in [3.8, 4) is 11.3 Å². The van der Waals surface area contributed by atoms with E-state index < -0.39 is 5.82 Å². The third-order valence-corrected chi connectivity index (χ3v) is 6.96. The Hall–Kier alpha value is -4.05. The van der Waals surface area contributed by atoms with Crippen LogP contribution in [0.3, 0.4) is 0 Å². The molecule has 4 aromatic rings. The van der Waals surface area contributed by atoms with Gasteiger partial charge in [0.05, 0.1) is 24.0 Å². The minimum absolute atomic E-state index is 0.0155. The molecule has 8 nitrogen and oxygen atoms in total. The Kier molecular flexibility index (Phi) is 6.40. The van der Waals surface area contributed by atoms with Gasteiger partial charge in [-0.05, 0) is 61.5 Å². The predicted octanol–water partition coefficient (Wildman–Crippen LogP) is 4.30. The molecule has 2 aliphatic heterocycles.